The minimum atomic E-state index is -0.293. The number of fused-ring (bicyclic) bond motifs is 1. The van der Waals surface area contributed by atoms with Gasteiger partial charge in [-0.15, -0.1) is 12.4 Å². The maximum absolute atomic E-state index is 12.5. The molecule has 0 aromatic heterocycles. The van der Waals surface area contributed by atoms with Crippen molar-refractivity contribution in [2.75, 3.05) is 19.7 Å². The van der Waals surface area contributed by atoms with Crippen LogP contribution in [-0.2, 0) is 20.7 Å². The average Bonchev–Trinajstić information content (AvgIpc) is 2.98. The summed E-state index contributed by atoms with van der Waals surface area (Å²) in [4.78, 5) is 24.6. The van der Waals surface area contributed by atoms with Gasteiger partial charge in [-0.2, -0.15) is 0 Å². The molecule has 1 aliphatic carbocycles. The van der Waals surface area contributed by atoms with E-state index in [1.165, 1.54) is 11.1 Å². The Hall–Kier alpha value is -1.59. The minimum absolute atomic E-state index is 0. The Morgan fingerprint density at radius 1 is 1.28 bits per heavy atom. The predicted octanol–water partition coefficient (Wildman–Crippen LogP) is 2.19. The maximum atomic E-state index is 12.5. The van der Waals surface area contributed by atoms with Crippen molar-refractivity contribution in [3.63, 3.8) is 0 Å². The van der Waals surface area contributed by atoms with E-state index in [1.54, 1.807) is 6.92 Å². The molecular formula is C19H27ClN2O3. The first-order valence-electron chi connectivity index (χ1n) is 8.93. The third kappa shape index (κ3) is 4.73. The second-order valence-electron chi connectivity index (χ2n) is 6.66. The number of piperidine rings is 1. The second kappa shape index (κ2) is 9.20. The topological polar surface area (TPSA) is 67.4 Å². The molecule has 1 fully saturated rings. The van der Waals surface area contributed by atoms with Gasteiger partial charge < -0.3 is 15.4 Å². The Morgan fingerprint density at radius 2 is 2.08 bits per heavy atom. The van der Waals surface area contributed by atoms with E-state index in [1.807, 2.05) is 6.07 Å². The number of nitrogens with one attached hydrogen (secondary N) is 2. The lowest BCUT2D eigenvalue weighted by atomic mass is 9.92. The molecule has 138 valence electrons. The largest absolute Gasteiger partial charge is 0.466 e. The van der Waals surface area contributed by atoms with Gasteiger partial charge in [0.05, 0.1) is 12.5 Å². The molecule has 3 rings (SSSR count). The van der Waals surface area contributed by atoms with Crippen molar-refractivity contribution >= 4 is 24.3 Å². The number of halogens is 1. The summed E-state index contributed by atoms with van der Waals surface area (Å²) >= 11 is 0. The molecule has 25 heavy (non-hydrogen) atoms. The van der Waals surface area contributed by atoms with Gasteiger partial charge in [0.1, 0.15) is 0 Å². The molecule has 1 unspecified atom stereocenters. The van der Waals surface area contributed by atoms with Crippen LogP contribution in [0.3, 0.4) is 0 Å². The highest BCUT2D eigenvalue weighted by atomic mass is 35.5. The molecule has 1 aliphatic heterocycles. The third-order valence-corrected chi connectivity index (χ3v) is 5.11. The van der Waals surface area contributed by atoms with Crippen molar-refractivity contribution in [2.45, 2.75) is 44.6 Å². The van der Waals surface area contributed by atoms with Crippen molar-refractivity contribution < 1.29 is 14.3 Å². The number of hydrogen-bond acceptors (Lipinski definition) is 4. The third-order valence-electron chi connectivity index (χ3n) is 5.11. The molecule has 2 N–H and O–H groups in total. The van der Waals surface area contributed by atoms with Crippen molar-refractivity contribution in [3.05, 3.63) is 35.4 Å². The molecule has 0 radical (unpaired) electrons. The standard InChI is InChI=1S/C19H26N2O3.ClH/c1-2-24-19(23)16-12-20-10-9-17(16)21-18(22)11-14-8-7-13-5-3-4-6-15(13)14;/h3-6,14,16-17,20H,2,7-12H2,1H3,(H,21,22);1H/t14?,16-,17+;/m1./s1. The highest BCUT2D eigenvalue weighted by Gasteiger charge is 2.34. The normalized spacial score (nSPS) is 24.8. The molecule has 0 bridgehead atoms. The van der Waals surface area contributed by atoms with E-state index in [9.17, 15) is 9.59 Å². The van der Waals surface area contributed by atoms with Crippen LogP contribution in [0.15, 0.2) is 24.3 Å². The summed E-state index contributed by atoms with van der Waals surface area (Å²) < 4.78 is 5.14. The Labute approximate surface area is 155 Å². The summed E-state index contributed by atoms with van der Waals surface area (Å²) in [6.45, 7) is 3.55. The SMILES string of the molecule is CCOC(=O)[C@@H]1CNCC[C@@H]1NC(=O)CC1CCc2ccccc21.Cl. The monoisotopic (exact) mass is 366 g/mol. The number of rotatable bonds is 5. The molecule has 1 aromatic carbocycles. The van der Waals surface area contributed by atoms with Crippen molar-refractivity contribution in [2.24, 2.45) is 5.92 Å². The number of amides is 1. The Bertz CT molecular complexity index is 608. The van der Waals surface area contributed by atoms with Gasteiger partial charge in [0.2, 0.25) is 5.91 Å². The van der Waals surface area contributed by atoms with Gasteiger partial charge in [-0.3, -0.25) is 9.59 Å². The zero-order chi connectivity index (χ0) is 16.9. The Balaban J connectivity index is 0.00000225. The predicted molar refractivity (Wildman–Crippen MR) is 98.9 cm³/mol. The van der Waals surface area contributed by atoms with Gasteiger partial charge >= 0.3 is 5.97 Å². The van der Waals surface area contributed by atoms with Gasteiger partial charge in [-0.25, -0.2) is 0 Å². The van der Waals surface area contributed by atoms with Gasteiger partial charge in [-0.1, -0.05) is 24.3 Å². The first-order valence-corrected chi connectivity index (χ1v) is 8.93. The van der Waals surface area contributed by atoms with Crippen molar-refractivity contribution in [1.29, 1.82) is 0 Å². The maximum Gasteiger partial charge on any atom is 0.312 e. The zero-order valence-electron chi connectivity index (χ0n) is 14.6. The molecule has 6 heteroatoms. The molecule has 0 spiro atoms. The number of ether oxygens (including phenoxy) is 1. The molecule has 1 aromatic rings. The van der Waals surface area contributed by atoms with Gasteiger partial charge in [0.25, 0.3) is 0 Å². The van der Waals surface area contributed by atoms with Crippen LogP contribution >= 0.6 is 12.4 Å². The van der Waals surface area contributed by atoms with Crippen molar-refractivity contribution in [1.82, 2.24) is 10.6 Å². The fourth-order valence-corrected chi connectivity index (χ4v) is 3.88. The summed E-state index contributed by atoms with van der Waals surface area (Å²) in [5, 5.41) is 6.30. The quantitative estimate of drug-likeness (QED) is 0.784. The van der Waals surface area contributed by atoms with Crippen LogP contribution in [0.1, 0.15) is 43.2 Å². The van der Waals surface area contributed by atoms with Gasteiger partial charge in [0.15, 0.2) is 0 Å². The summed E-state index contributed by atoms with van der Waals surface area (Å²) in [7, 11) is 0. The zero-order valence-corrected chi connectivity index (χ0v) is 15.4. The van der Waals surface area contributed by atoms with Crippen LogP contribution in [-0.4, -0.2) is 37.6 Å². The molecule has 1 amide bonds. The second-order valence-corrected chi connectivity index (χ2v) is 6.66. The van der Waals surface area contributed by atoms with E-state index in [0.717, 1.165) is 25.8 Å². The highest BCUT2D eigenvalue weighted by molar-refractivity contribution is 5.85. The van der Waals surface area contributed by atoms with E-state index in [-0.39, 0.29) is 36.2 Å². The first-order chi connectivity index (χ1) is 11.7. The van der Waals surface area contributed by atoms with Crippen LogP contribution < -0.4 is 10.6 Å². The first kappa shape index (κ1) is 19.7. The van der Waals surface area contributed by atoms with E-state index in [2.05, 4.69) is 28.8 Å². The number of esters is 1. The smallest absolute Gasteiger partial charge is 0.312 e. The van der Waals surface area contributed by atoms with Crippen LogP contribution in [0.25, 0.3) is 0 Å². The highest BCUT2D eigenvalue weighted by Crippen LogP contribution is 2.35. The molecule has 2 aliphatic rings. The van der Waals surface area contributed by atoms with Crippen molar-refractivity contribution in [3.8, 4) is 0 Å². The van der Waals surface area contributed by atoms with Crippen LogP contribution in [0, 0.1) is 5.92 Å². The Kier molecular flexibility index (Phi) is 7.26. The van der Waals surface area contributed by atoms with Crippen LogP contribution in [0.4, 0.5) is 0 Å². The Morgan fingerprint density at radius 3 is 2.88 bits per heavy atom. The van der Waals surface area contributed by atoms with E-state index in [4.69, 9.17) is 4.74 Å². The molecular weight excluding hydrogens is 340 g/mol. The number of benzene rings is 1. The van der Waals surface area contributed by atoms with E-state index < -0.39 is 0 Å². The summed E-state index contributed by atoms with van der Waals surface area (Å²) in [5.41, 5.74) is 2.67. The number of aryl methyl sites for hydroxylation is 1. The molecule has 1 heterocycles. The fraction of sp³-hybridized carbons (Fsp3) is 0.579. The minimum Gasteiger partial charge on any atom is -0.466 e. The molecule has 5 nitrogen and oxygen atoms in total. The summed E-state index contributed by atoms with van der Waals surface area (Å²) in [6.07, 6.45) is 3.33. The fourth-order valence-electron chi connectivity index (χ4n) is 3.88. The van der Waals surface area contributed by atoms with Gasteiger partial charge in [-0.05, 0) is 49.8 Å². The lowest BCUT2D eigenvalue weighted by Gasteiger charge is -2.31. The van der Waals surface area contributed by atoms with Crippen LogP contribution in [0.2, 0.25) is 0 Å². The average molecular weight is 367 g/mol. The molecule has 3 atom stereocenters. The molecule has 0 saturated carbocycles. The summed E-state index contributed by atoms with van der Waals surface area (Å²) in [6, 6.07) is 8.25. The summed E-state index contributed by atoms with van der Waals surface area (Å²) in [5.74, 6) is -0.179. The van der Waals surface area contributed by atoms with E-state index >= 15 is 0 Å². The number of hydrogen-bond donors (Lipinski definition) is 2. The number of carbonyl (C=O) groups is 2. The van der Waals surface area contributed by atoms with Crippen LogP contribution in [0.5, 0.6) is 0 Å². The lowest BCUT2D eigenvalue weighted by molar-refractivity contribution is -0.149. The van der Waals surface area contributed by atoms with E-state index in [0.29, 0.717) is 25.5 Å². The lowest BCUT2D eigenvalue weighted by Crippen LogP contribution is -2.52. The molecule has 1 saturated heterocycles. The van der Waals surface area contributed by atoms with Gasteiger partial charge in [0, 0.05) is 19.0 Å². The number of carbonyl (C=O) groups excluding carboxylic acids is 2.